The van der Waals surface area contributed by atoms with Crippen molar-refractivity contribution in [3.8, 4) is 0 Å². The predicted molar refractivity (Wildman–Crippen MR) is 260 cm³/mol. The minimum Gasteiger partial charge on any atom is -0.461 e. The first-order chi connectivity index (χ1) is 32.2. The average molecular weight is 935 g/mol. The molecule has 0 aromatic heterocycles. The molecule has 8 aliphatic carbocycles. The summed E-state index contributed by atoms with van der Waals surface area (Å²) >= 11 is 0. The Bertz CT molecular complexity index is 1730. The molecule has 0 radical (unpaired) electrons. The molecule has 4 aliphatic heterocycles. The summed E-state index contributed by atoms with van der Waals surface area (Å²) in [5.74, 6) is 5.47. The van der Waals surface area contributed by atoms with Gasteiger partial charge in [-0.05, 0) is 211 Å². The molecule has 380 valence electrons. The van der Waals surface area contributed by atoms with Crippen LogP contribution in [-0.2, 0) is 19.0 Å². The Morgan fingerprint density at radius 1 is 0.493 bits per heavy atom. The van der Waals surface area contributed by atoms with Gasteiger partial charge in [-0.3, -0.25) is 24.4 Å². The number of likely N-dealkylation sites (tertiary alicyclic amines) is 2. The van der Waals surface area contributed by atoms with Gasteiger partial charge in [0.05, 0.1) is 44.7 Å². The number of ether oxygens (including phenoxy) is 3. The summed E-state index contributed by atoms with van der Waals surface area (Å²) in [6, 6.07) is 1.38. The topological polar surface area (TPSA) is 118 Å². The Kier molecular flexibility index (Phi) is 13.6. The van der Waals surface area contributed by atoms with Crippen molar-refractivity contribution in [2.75, 3.05) is 78.8 Å². The van der Waals surface area contributed by atoms with E-state index >= 15 is 0 Å². The van der Waals surface area contributed by atoms with Crippen LogP contribution < -0.4 is 0 Å². The van der Waals surface area contributed by atoms with Crippen LogP contribution in [0.1, 0.15) is 150 Å². The van der Waals surface area contributed by atoms with Crippen LogP contribution in [0.2, 0.25) is 0 Å². The number of aliphatic hydroxyl groups is 3. The lowest BCUT2D eigenvalue weighted by Crippen LogP contribution is -2.61. The molecule has 3 N–H and O–H groups in total. The molecule has 0 aromatic carbocycles. The second-order valence-electron chi connectivity index (χ2n) is 26.4. The molecule has 4 saturated heterocycles. The molecule has 11 heteroatoms. The molecule has 0 aromatic rings. The number of hydrogen-bond donors (Lipinski definition) is 3. The third-order valence-corrected chi connectivity index (χ3v) is 23.9. The van der Waals surface area contributed by atoms with Crippen molar-refractivity contribution in [1.82, 2.24) is 19.6 Å². The Balaban J connectivity index is 0.000000148. The fraction of sp³-hybridized carbons (Fsp3) is 0.982. The average Bonchev–Trinajstić information content (AvgIpc) is 4.15. The fourth-order valence-electron chi connectivity index (χ4n) is 20.2. The minimum absolute atomic E-state index is 0.0157. The number of morpholine rings is 2. The van der Waals surface area contributed by atoms with Crippen LogP contribution in [0.25, 0.3) is 0 Å². The van der Waals surface area contributed by atoms with Gasteiger partial charge in [0.2, 0.25) is 0 Å². The largest absolute Gasteiger partial charge is 0.461 e. The molecule has 8 saturated carbocycles. The van der Waals surface area contributed by atoms with E-state index in [9.17, 15) is 20.1 Å². The van der Waals surface area contributed by atoms with E-state index in [1.807, 2.05) is 0 Å². The lowest BCUT2D eigenvalue weighted by atomic mass is 9.44. The molecule has 4 heterocycles. The van der Waals surface area contributed by atoms with Crippen LogP contribution in [0.3, 0.4) is 0 Å². The highest BCUT2D eigenvalue weighted by Gasteiger charge is 2.66. The molecule has 0 bridgehead atoms. The van der Waals surface area contributed by atoms with E-state index in [1.165, 1.54) is 116 Å². The lowest BCUT2D eigenvalue weighted by molar-refractivity contribution is -0.178. The van der Waals surface area contributed by atoms with E-state index in [-0.39, 0.29) is 41.2 Å². The quantitative estimate of drug-likeness (QED) is 0.252. The number of nitrogens with zero attached hydrogens (tertiary/aromatic N) is 4. The van der Waals surface area contributed by atoms with Gasteiger partial charge in [0, 0.05) is 57.3 Å². The number of fused-ring (bicyclic) bond motifs is 10. The van der Waals surface area contributed by atoms with E-state index in [2.05, 4.69) is 47.3 Å². The maximum atomic E-state index is 12.0. The highest BCUT2D eigenvalue weighted by atomic mass is 16.5. The molecular weight excluding hydrogens is 841 g/mol. The molecule has 0 spiro atoms. The Morgan fingerprint density at radius 2 is 0.910 bits per heavy atom. The number of aliphatic hydroxyl groups excluding tert-OH is 3. The van der Waals surface area contributed by atoms with Gasteiger partial charge in [0.15, 0.2) is 0 Å². The van der Waals surface area contributed by atoms with Gasteiger partial charge in [-0.25, -0.2) is 0 Å². The van der Waals surface area contributed by atoms with Crippen LogP contribution in [-0.4, -0.2) is 168 Å². The molecule has 12 rings (SSSR count). The van der Waals surface area contributed by atoms with Gasteiger partial charge in [0.25, 0.3) is 0 Å². The summed E-state index contributed by atoms with van der Waals surface area (Å²) in [6.45, 7) is 23.4. The van der Waals surface area contributed by atoms with Crippen molar-refractivity contribution in [3.05, 3.63) is 0 Å². The normalized spacial score (nSPS) is 52.7. The SMILES string of the molecule is CC(=O)O[C@H]1CC2CCC3C(CC[C@@]4(C)C3C[C@H](N3CCCC3)[C@@H]4O)[C@@]2(C)C[C@@H]1N1CCOCC1.C[C@]12C[C@H](N3CCOCC3)[C@@H](O)CC1CCC1C2CC[C@@]2(C)C1C[C@H](N1CCCC1)[C@@H]2O. The first-order valence-corrected chi connectivity index (χ1v) is 28.6. The van der Waals surface area contributed by atoms with Gasteiger partial charge in [-0.15, -0.1) is 0 Å². The number of carbonyl (C=O) groups excluding carboxylic acids is 1. The third-order valence-electron chi connectivity index (χ3n) is 23.9. The zero-order valence-corrected chi connectivity index (χ0v) is 42.7. The first kappa shape index (κ1) is 48.4. The zero-order valence-electron chi connectivity index (χ0n) is 42.7. The van der Waals surface area contributed by atoms with Crippen LogP contribution >= 0.6 is 0 Å². The van der Waals surface area contributed by atoms with Gasteiger partial charge in [0.1, 0.15) is 6.10 Å². The van der Waals surface area contributed by atoms with Crippen LogP contribution in [0.15, 0.2) is 0 Å². The summed E-state index contributed by atoms with van der Waals surface area (Å²) < 4.78 is 17.3. The zero-order chi connectivity index (χ0) is 46.5. The number of hydrogen-bond acceptors (Lipinski definition) is 11. The number of esters is 1. The van der Waals surface area contributed by atoms with Crippen LogP contribution in [0.4, 0.5) is 0 Å². The molecule has 12 fully saturated rings. The van der Waals surface area contributed by atoms with Gasteiger partial charge in [-0.1, -0.05) is 27.7 Å². The van der Waals surface area contributed by atoms with E-state index in [1.54, 1.807) is 6.92 Å². The van der Waals surface area contributed by atoms with E-state index < -0.39 is 0 Å². The van der Waals surface area contributed by atoms with Crippen molar-refractivity contribution < 1.29 is 34.3 Å². The standard InChI is InChI=1S/C29H48N2O4.C27H46N2O3/c1-19(32)35-26-16-20-6-7-21-22(29(20,3)18-25(26)31-12-14-34-15-13-31)8-9-28(2)23(21)17-24(27(28)33)30-10-4-5-11-30;1-26-8-7-20-19(21(26)16-22(25(26)31)28-9-3-4-10-28)6-5-18-15-24(30)23(17-27(18,20)2)29-11-13-32-14-12-29/h20-27,33H,4-18H2,1-3H3;18-25,30-31H,3-17H2,1-2H3/t20?,21?,22?,23?,24-,25-,26-,27-,28-,29-;18?,19?,20?,21?,22-,23-,24-,25-,26-,27-/m00/s1. The van der Waals surface area contributed by atoms with Crippen molar-refractivity contribution in [1.29, 1.82) is 0 Å². The monoisotopic (exact) mass is 935 g/mol. The van der Waals surface area contributed by atoms with Crippen molar-refractivity contribution in [3.63, 3.8) is 0 Å². The summed E-state index contributed by atoms with van der Waals surface area (Å²) in [5.41, 5.74) is 0.815. The smallest absolute Gasteiger partial charge is 0.302 e. The van der Waals surface area contributed by atoms with Crippen LogP contribution in [0.5, 0.6) is 0 Å². The minimum atomic E-state index is -0.176. The molecule has 20 atom stereocenters. The van der Waals surface area contributed by atoms with Crippen LogP contribution in [0, 0.1) is 69.0 Å². The second-order valence-corrected chi connectivity index (χ2v) is 26.4. The molecule has 67 heavy (non-hydrogen) atoms. The molecule has 0 amide bonds. The number of carbonyl (C=O) groups is 1. The van der Waals surface area contributed by atoms with Crippen molar-refractivity contribution in [2.24, 2.45) is 69.0 Å². The summed E-state index contributed by atoms with van der Waals surface area (Å²) in [4.78, 5) is 22.4. The van der Waals surface area contributed by atoms with Crippen molar-refractivity contribution in [2.45, 2.75) is 199 Å². The molecule has 8 unspecified atom stereocenters. The summed E-state index contributed by atoms with van der Waals surface area (Å²) in [5, 5.41) is 34.3. The molecule has 11 nitrogen and oxygen atoms in total. The maximum absolute atomic E-state index is 12.0. The summed E-state index contributed by atoms with van der Waals surface area (Å²) in [7, 11) is 0. The maximum Gasteiger partial charge on any atom is 0.302 e. The van der Waals surface area contributed by atoms with E-state index in [4.69, 9.17) is 14.2 Å². The highest BCUT2D eigenvalue weighted by molar-refractivity contribution is 5.66. The van der Waals surface area contributed by atoms with Gasteiger partial charge >= 0.3 is 5.97 Å². The molecule has 12 aliphatic rings. The van der Waals surface area contributed by atoms with Crippen molar-refractivity contribution >= 4 is 5.97 Å². The molecular formula is C56H94N4O7. The first-order valence-electron chi connectivity index (χ1n) is 28.6. The highest BCUT2D eigenvalue weighted by Crippen LogP contribution is 2.69. The van der Waals surface area contributed by atoms with Gasteiger partial charge < -0.3 is 29.5 Å². The fourth-order valence-corrected chi connectivity index (χ4v) is 20.2. The predicted octanol–water partition coefficient (Wildman–Crippen LogP) is 6.84. The Morgan fingerprint density at radius 3 is 1.37 bits per heavy atom. The van der Waals surface area contributed by atoms with Gasteiger partial charge in [-0.2, -0.15) is 0 Å². The van der Waals surface area contributed by atoms with E-state index in [0.717, 1.165) is 102 Å². The summed E-state index contributed by atoms with van der Waals surface area (Å²) in [6.07, 6.45) is 21.5. The Hall–Kier alpha value is -0.890. The number of rotatable bonds is 5. The van der Waals surface area contributed by atoms with E-state index in [0.29, 0.717) is 58.7 Å². The Labute approximate surface area is 405 Å². The second kappa shape index (κ2) is 18.9. The third kappa shape index (κ3) is 8.27. The lowest BCUT2D eigenvalue weighted by Gasteiger charge is -2.62.